The lowest BCUT2D eigenvalue weighted by molar-refractivity contribution is -0.146. The van der Waals surface area contributed by atoms with Gasteiger partial charge in [-0.15, -0.1) is 0 Å². The number of nitrogens with one attached hydrogen (secondary N) is 1. The van der Waals surface area contributed by atoms with Gasteiger partial charge in [0.15, 0.2) is 0 Å². The molecule has 1 atom stereocenters. The Morgan fingerprint density at radius 2 is 2.12 bits per heavy atom. The van der Waals surface area contributed by atoms with Crippen LogP contribution in [-0.2, 0) is 11.2 Å². The van der Waals surface area contributed by atoms with Crippen molar-refractivity contribution in [2.45, 2.75) is 26.7 Å². The Morgan fingerprint density at radius 3 is 2.73 bits per heavy atom. The predicted octanol–water partition coefficient (Wildman–Crippen LogP) is 3.42. The number of aromatic nitrogens is 2. The van der Waals surface area contributed by atoms with Crippen molar-refractivity contribution in [3.8, 4) is 5.69 Å². The second kappa shape index (κ2) is 6.99. The molecule has 1 fully saturated rings. The third-order valence-corrected chi connectivity index (χ3v) is 5.12. The molecule has 0 spiro atoms. The number of carboxylic acids is 1. The molecular weight excluding hydrogens is 356 g/mol. The number of carbonyl (C=O) groups is 2. The molecule has 0 aliphatic carbocycles. The fourth-order valence-electron chi connectivity index (χ4n) is 3.15. The van der Waals surface area contributed by atoms with Crippen LogP contribution in [0.5, 0.6) is 0 Å². The lowest BCUT2D eigenvalue weighted by atomic mass is 9.90. The van der Waals surface area contributed by atoms with Gasteiger partial charge in [-0.05, 0) is 31.9 Å². The second-order valence-electron chi connectivity index (χ2n) is 6.69. The molecule has 26 heavy (non-hydrogen) atoms. The molecule has 0 bridgehead atoms. The molecule has 1 unspecified atom stereocenters. The largest absolute Gasteiger partial charge is 0.481 e. The van der Waals surface area contributed by atoms with E-state index < -0.39 is 11.4 Å². The van der Waals surface area contributed by atoms with E-state index >= 15 is 0 Å². The van der Waals surface area contributed by atoms with E-state index in [-0.39, 0.29) is 12.6 Å². The number of hydrogen-bond donors (Lipinski definition) is 2. The molecule has 3 rings (SSSR count). The highest BCUT2D eigenvalue weighted by Gasteiger charge is 2.42. The number of benzene rings is 1. The Morgan fingerprint density at radius 1 is 1.38 bits per heavy atom. The number of halogens is 1. The van der Waals surface area contributed by atoms with Crippen LogP contribution >= 0.6 is 11.6 Å². The summed E-state index contributed by atoms with van der Waals surface area (Å²) in [6.45, 7) is 4.23. The maximum Gasteiger partial charge on any atom is 0.321 e. The molecule has 2 N–H and O–H groups in total. The van der Waals surface area contributed by atoms with E-state index in [1.165, 1.54) is 4.90 Å². The molecule has 0 saturated carbocycles. The lowest BCUT2D eigenvalue weighted by Gasteiger charge is -2.20. The molecule has 1 aromatic carbocycles. The Hall–Kier alpha value is -2.54. The van der Waals surface area contributed by atoms with Gasteiger partial charge in [-0.3, -0.25) is 4.79 Å². The molecule has 1 aliphatic rings. The summed E-state index contributed by atoms with van der Waals surface area (Å²) < 4.78 is 1.71. The number of para-hydroxylation sites is 1. The molecule has 2 heterocycles. The molecule has 2 aromatic rings. The Labute approximate surface area is 156 Å². The molecule has 1 aliphatic heterocycles. The third-order valence-electron chi connectivity index (χ3n) is 4.80. The zero-order chi connectivity index (χ0) is 18.9. The zero-order valence-electron chi connectivity index (χ0n) is 14.7. The fraction of sp³-hybridized carbons (Fsp3) is 0.389. The molecule has 8 heteroatoms. The van der Waals surface area contributed by atoms with Gasteiger partial charge in [0.25, 0.3) is 0 Å². The van der Waals surface area contributed by atoms with Crippen LogP contribution in [0.2, 0.25) is 5.02 Å². The highest BCUT2D eigenvalue weighted by Crippen LogP contribution is 2.31. The minimum atomic E-state index is -0.896. The summed E-state index contributed by atoms with van der Waals surface area (Å²) in [4.78, 5) is 25.5. The molecular formula is C18H21ClN4O3. The van der Waals surface area contributed by atoms with Crippen LogP contribution in [0, 0.1) is 5.41 Å². The van der Waals surface area contributed by atoms with E-state index in [0.29, 0.717) is 30.1 Å². The molecule has 7 nitrogen and oxygen atoms in total. The molecule has 1 saturated heterocycles. The molecule has 138 valence electrons. The predicted molar refractivity (Wildman–Crippen MR) is 98.9 cm³/mol. The first-order chi connectivity index (χ1) is 12.4. The van der Waals surface area contributed by atoms with Crippen LogP contribution < -0.4 is 5.32 Å². The average molecular weight is 377 g/mol. The summed E-state index contributed by atoms with van der Waals surface area (Å²) >= 11 is 6.26. The Kier molecular flexibility index (Phi) is 4.91. The number of nitrogens with zero attached hydrogens (tertiary/aromatic N) is 3. The van der Waals surface area contributed by atoms with Gasteiger partial charge in [0, 0.05) is 13.1 Å². The van der Waals surface area contributed by atoms with Gasteiger partial charge in [-0.25, -0.2) is 9.48 Å². The number of hydrogen-bond acceptors (Lipinski definition) is 3. The van der Waals surface area contributed by atoms with E-state index in [9.17, 15) is 14.7 Å². The van der Waals surface area contributed by atoms with Crippen molar-refractivity contribution in [2.24, 2.45) is 5.41 Å². The lowest BCUT2D eigenvalue weighted by Crippen LogP contribution is -2.37. The van der Waals surface area contributed by atoms with Crippen molar-refractivity contribution in [1.29, 1.82) is 0 Å². The number of aliphatic carboxylic acids is 1. The van der Waals surface area contributed by atoms with Gasteiger partial charge in [0.05, 0.1) is 33.7 Å². The summed E-state index contributed by atoms with van der Waals surface area (Å²) in [5, 5.41) is 17.1. The minimum Gasteiger partial charge on any atom is -0.481 e. The summed E-state index contributed by atoms with van der Waals surface area (Å²) in [5.41, 5.74) is 1.27. The standard InChI is InChI=1S/C18H21ClN4O3/c1-3-14-13(10-20-23(14)15-7-5-4-6-12(15)19)21-17(26)22-9-8-18(2,11-22)16(24)25/h4-7,10H,3,8-9,11H2,1-2H3,(H,21,26)(H,24,25). The quantitative estimate of drug-likeness (QED) is 0.855. The summed E-state index contributed by atoms with van der Waals surface area (Å²) in [5.74, 6) is -0.881. The monoisotopic (exact) mass is 376 g/mol. The van der Waals surface area contributed by atoms with E-state index in [1.54, 1.807) is 23.9 Å². The van der Waals surface area contributed by atoms with Crippen molar-refractivity contribution < 1.29 is 14.7 Å². The van der Waals surface area contributed by atoms with Crippen molar-refractivity contribution in [2.75, 3.05) is 18.4 Å². The molecule has 1 aromatic heterocycles. The Balaban J connectivity index is 1.80. The van der Waals surface area contributed by atoms with Crippen LogP contribution in [0.4, 0.5) is 10.5 Å². The van der Waals surface area contributed by atoms with Crippen molar-refractivity contribution in [3.63, 3.8) is 0 Å². The summed E-state index contributed by atoms with van der Waals surface area (Å²) in [6, 6.07) is 7.04. The van der Waals surface area contributed by atoms with E-state index in [0.717, 1.165) is 11.4 Å². The maximum atomic E-state index is 12.6. The normalized spacial score (nSPS) is 19.6. The second-order valence-corrected chi connectivity index (χ2v) is 7.10. The van der Waals surface area contributed by atoms with Gasteiger partial charge in [0.1, 0.15) is 0 Å². The van der Waals surface area contributed by atoms with Gasteiger partial charge >= 0.3 is 12.0 Å². The van der Waals surface area contributed by atoms with E-state index in [4.69, 9.17) is 11.6 Å². The maximum absolute atomic E-state index is 12.6. The zero-order valence-corrected chi connectivity index (χ0v) is 15.5. The van der Waals surface area contributed by atoms with Crippen molar-refractivity contribution in [3.05, 3.63) is 41.2 Å². The van der Waals surface area contributed by atoms with Crippen molar-refractivity contribution in [1.82, 2.24) is 14.7 Å². The van der Waals surface area contributed by atoms with Gasteiger partial charge in [0.2, 0.25) is 0 Å². The average Bonchev–Trinajstić information content (AvgIpc) is 3.20. The van der Waals surface area contributed by atoms with Gasteiger partial charge < -0.3 is 15.3 Å². The van der Waals surface area contributed by atoms with E-state index in [1.807, 2.05) is 25.1 Å². The first-order valence-corrected chi connectivity index (χ1v) is 8.84. The smallest absolute Gasteiger partial charge is 0.321 e. The molecule has 0 radical (unpaired) electrons. The van der Waals surface area contributed by atoms with Gasteiger partial charge in [-0.2, -0.15) is 5.10 Å². The van der Waals surface area contributed by atoms with Crippen LogP contribution in [0.3, 0.4) is 0 Å². The van der Waals surface area contributed by atoms with Crippen molar-refractivity contribution >= 4 is 29.3 Å². The van der Waals surface area contributed by atoms with Crippen LogP contribution in [-0.4, -0.2) is 44.9 Å². The topological polar surface area (TPSA) is 87.5 Å². The number of urea groups is 1. The third kappa shape index (κ3) is 3.26. The number of likely N-dealkylation sites (tertiary alicyclic amines) is 1. The number of amides is 2. The highest BCUT2D eigenvalue weighted by molar-refractivity contribution is 6.32. The van der Waals surface area contributed by atoms with Crippen LogP contribution in [0.25, 0.3) is 5.69 Å². The SMILES string of the molecule is CCc1c(NC(=O)N2CCC(C)(C(=O)O)C2)cnn1-c1ccccc1Cl. The van der Waals surface area contributed by atoms with Gasteiger partial charge in [-0.1, -0.05) is 30.7 Å². The summed E-state index contributed by atoms with van der Waals surface area (Å²) in [7, 11) is 0. The fourth-order valence-corrected chi connectivity index (χ4v) is 3.37. The number of carbonyl (C=O) groups excluding carboxylic acids is 1. The van der Waals surface area contributed by atoms with Crippen LogP contribution in [0.15, 0.2) is 30.5 Å². The summed E-state index contributed by atoms with van der Waals surface area (Å²) in [6.07, 6.45) is 2.68. The number of rotatable bonds is 4. The van der Waals surface area contributed by atoms with E-state index in [2.05, 4.69) is 10.4 Å². The number of carboxylic acid groups (broad SMARTS) is 1. The van der Waals surface area contributed by atoms with Crippen LogP contribution in [0.1, 0.15) is 26.0 Å². The first kappa shape index (κ1) is 18.3. The molecule has 2 amide bonds. The number of anilines is 1. The first-order valence-electron chi connectivity index (χ1n) is 8.47. The minimum absolute atomic E-state index is 0.189. The Bertz CT molecular complexity index is 851. The highest BCUT2D eigenvalue weighted by atomic mass is 35.5.